The van der Waals surface area contributed by atoms with Crippen LogP contribution in [0.4, 0.5) is 0 Å². The fraction of sp³-hybridized carbons (Fsp3) is 0.500. The zero-order chi connectivity index (χ0) is 16.7. The van der Waals surface area contributed by atoms with Gasteiger partial charge in [0.05, 0.1) is 17.6 Å². The summed E-state index contributed by atoms with van der Waals surface area (Å²) in [6.07, 6.45) is 5.88. The molecule has 0 aliphatic carbocycles. The van der Waals surface area contributed by atoms with Crippen molar-refractivity contribution in [1.29, 1.82) is 0 Å². The fourth-order valence-corrected chi connectivity index (χ4v) is 2.62. The molecule has 23 heavy (non-hydrogen) atoms. The van der Waals surface area contributed by atoms with E-state index >= 15 is 0 Å². The third-order valence-electron chi connectivity index (χ3n) is 3.84. The van der Waals surface area contributed by atoms with Gasteiger partial charge >= 0.3 is 5.63 Å². The highest BCUT2D eigenvalue weighted by atomic mass is 16.5. The molecule has 126 valence electrons. The smallest absolute Gasteiger partial charge is 0.343 e. The molecule has 0 bridgehead atoms. The van der Waals surface area contributed by atoms with Gasteiger partial charge in [0.25, 0.3) is 0 Å². The number of fused-ring (bicyclic) bond motifs is 1. The van der Waals surface area contributed by atoms with Crippen LogP contribution < -0.4 is 10.4 Å². The number of hydrogen-bond donors (Lipinski definition) is 2. The average molecular weight is 320 g/mol. The van der Waals surface area contributed by atoms with Gasteiger partial charge in [0, 0.05) is 0 Å². The van der Waals surface area contributed by atoms with Crippen LogP contribution in [0.15, 0.2) is 27.4 Å². The molecule has 0 radical (unpaired) electrons. The van der Waals surface area contributed by atoms with Gasteiger partial charge in [0.1, 0.15) is 12.4 Å². The molecule has 2 aromatic rings. The quantitative estimate of drug-likeness (QED) is 0.547. The average Bonchev–Trinajstić information content (AvgIpc) is 2.55. The van der Waals surface area contributed by atoms with E-state index < -0.39 is 5.63 Å². The SMILES string of the molecule is CCCCCCCc1c(O)c2cccc(OCCO)c2oc1=O. The zero-order valence-electron chi connectivity index (χ0n) is 13.5. The Morgan fingerprint density at radius 1 is 1.17 bits per heavy atom. The first-order chi connectivity index (χ1) is 11.2. The Bertz CT molecular complexity index is 690. The van der Waals surface area contributed by atoms with Crippen molar-refractivity contribution >= 4 is 11.0 Å². The monoisotopic (exact) mass is 320 g/mol. The molecule has 5 heteroatoms. The van der Waals surface area contributed by atoms with Crippen molar-refractivity contribution in [3.63, 3.8) is 0 Å². The van der Waals surface area contributed by atoms with Crippen molar-refractivity contribution in [2.45, 2.75) is 45.4 Å². The number of aliphatic hydroxyl groups is 1. The molecule has 0 amide bonds. The van der Waals surface area contributed by atoms with Gasteiger partial charge in [-0.05, 0) is 25.0 Å². The number of para-hydroxylation sites is 1. The summed E-state index contributed by atoms with van der Waals surface area (Å²) in [6, 6.07) is 5.06. The molecule has 0 spiro atoms. The molecule has 0 saturated carbocycles. The summed E-state index contributed by atoms with van der Waals surface area (Å²) < 4.78 is 10.7. The second kappa shape index (κ2) is 8.58. The van der Waals surface area contributed by atoms with Gasteiger partial charge in [-0.2, -0.15) is 0 Å². The van der Waals surface area contributed by atoms with E-state index in [-0.39, 0.29) is 24.5 Å². The Morgan fingerprint density at radius 3 is 2.70 bits per heavy atom. The number of hydrogen-bond acceptors (Lipinski definition) is 5. The minimum atomic E-state index is -0.523. The molecule has 0 fully saturated rings. The maximum Gasteiger partial charge on any atom is 0.343 e. The molecular formula is C18H24O5. The molecule has 0 aliphatic rings. The van der Waals surface area contributed by atoms with Gasteiger partial charge < -0.3 is 19.4 Å². The van der Waals surface area contributed by atoms with E-state index in [1.165, 1.54) is 12.8 Å². The minimum Gasteiger partial charge on any atom is -0.507 e. The molecule has 0 aliphatic heterocycles. The highest BCUT2D eigenvalue weighted by Crippen LogP contribution is 2.32. The summed E-state index contributed by atoms with van der Waals surface area (Å²) >= 11 is 0. The summed E-state index contributed by atoms with van der Waals surface area (Å²) in [5, 5.41) is 19.7. The van der Waals surface area contributed by atoms with Crippen LogP contribution in [0.5, 0.6) is 11.5 Å². The zero-order valence-corrected chi connectivity index (χ0v) is 13.5. The topological polar surface area (TPSA) is 79.9 Å². The first kappa shape index (κ1) is 17.3. The van der Waals surface area contributed by atoms with Gasteiger partial charge in [-0.3, -0.25) is 0 Å². The maximum absolute atomic E-state index is 12.2. The van der Waals surface area contributed by atoms with E-state index in [0.29, 0.717) is 23.1 Å². The molecule has 0 saturated heterocycles. The predicted molar refractivity (Wildman–Crippen MR) is 89.2 cm³/mol. The van der Waals surface area contributed by atoms with Crippen molar-refractivity contribution in [2.75, 3.05) is 13.2 Å². The molecular weight excluding hydrogens is 296 g/mol. The summed E-state index contributed by atoms with van der Waals surface area (Å²) in [7, 11) is 0. The summed E-state index contributed by atoms with van der Waals surface area (Å²) in [5.74, 6) is 0.319. The van der Waals surface area contributed by atoms with Crippen LogP contribution in [0.3, 0.4) is 0 Å². The van der Waals surface area contributed by atoms with Gasteiger partial charge in [0.15, 0.2) is 11.3 Å². The lowest BCUT2D eigenvalue weighted by Crippen LogP contribution is -2.09. The van der Waals surface area contributed by atoms with Crippen LogP contribution >= 0.6 is 0 Å². The van der Waals surface area contributed by atoms with Crippen molar-refractivity contribution in [3.8, 4) is 11.5 Å². The van der Waals surface area contributed by atoms with Crippen LogP contribution in [-0.4, -0.2) is 23.4 Å². The lowest BCUT2D eigenvalue weighted by Gasteiger charge is -2.10. The van der Waals surface area contributed by atoms with Crippen molar-refractivity contribution in [1.82, 2.24) is 0 Å². The number of aliphatic hydroxyl groups excluding tert-OH is 1. The molecule has 0 atom stereocenters. The standard InChI is InChI=1S/C18H24O5/c1-2-3-4-5-6-8-14-16(20)13-9-7-10-15(22-12-11-19)17(13)23-18(14)21/h7,9-10,19-20H,2-6,8,11-12H2,1H3. The normalized spacial score (nSPS) is 11.0. The third kappa shape index (κ3) is 4.26. The number of rotatable bonds is 9. The number of ether oxygens (including phenoxy) is 1. The molecule has 0 unspecified atom stereocenters. The van der Waals surface area contributed by atoms with Crippen molar-refractivity contribution < 1.29 is 19.4 Å². The first-order valence-electron chi connectivity index (χ1n) is 8.20. The highest BCUT2D eigenvalue weighted by molar-refractivity contribution is 5.88. The van der Waals surface area contributed by atoms with Crippen LogP contribution in [-0.2, 0) is 6.42 Å². The van der Waals surface area contributed by atoms with E-state index in [1.54, 1.807) is 18.2 Å². The van der Waals surface area contributed by atoms with E-state index in [2.05, 4.69) is 6.92 Å². The van der Waals surface area contributed by atoms with E-state index in [4.69, 9.17) is 14.3 Å². The number of aromatic hydroxyl groups is 1. The summed E-state index contributed by atoms with van der Waals surface area (Å²) in [4.78, 5) is 12.2. The maximum atomic E-state index is 12.2. The Balaban J connectivity index is 2.25. The van der Waals surface area contributed by atoms with Crippen LogP contribution in [0.1, 0.15) is 44.6 Å². The molecule has 2 rings (SSSR count). The van der Waals surface area contributed by atoms with Crippen molar-refractivity contribution in [3.05, 3.63) is 34.2 Å². The molecule has 5 nitrogen and oxygen atoms in total. The van der Waals surface area contributed by atoms with Gasteiger partial charge in [0.2, 0.25) is 0 Å². The Morgan fingerprint density at radius 2 is 1.96 bits per heavy atom. The summed E-state index contributed by atoms with van der Waals surface area (Å²) in [5.41, 5.74) is 0.0250. The van der Waals surface area contributed by atoms with Crippen LogP contribution in [0.25, 0.3) is 11.0 Å². The Kier molecular flexibility index (Phi) is 6.47. The summed E-state index contributed by atoms with van der Waals surface area (Å²) in [6.45, 7) is 2.12. The molecule has 1 heterocycles. The predicted octanol–water partition coefficient (Wildman–Crippen LogP) is 3.38. The number of unbranched alkanes of at least 4 members (excludes halogenated alkanes) is 4. The van der Waals surface area contributed by atoms with E-state index in [9.17, 15) is 9.90 Å². The van der Waals surface area contributed by atoms with E-state index in [1.807, 2.05) is 0 Å². The van der Waals surface area contributed by atoms with Crippen LogP contribution in [0, 0.1) is 0 Å². The second-order valence-electron chi connectivity index (χ2n) is 5.59. The number of benzene rings is 1. The first-order valence-corrected chi connectivity index (χ1v) is 8.20. The molecule has 1 aromatic carbocycles. The van der Waals surface area contributed by atoms with Gasteiger partial charge in [-0.25, -0.2) is 4.79 Å². The Hall–Kier alpha value is -2.01. The lowest BCUT2D eigenvalue weighted by molar-refractivity contribution is 0.201. The lowest BCUT2D eigenvalue weighted by atomic mass is 10.0. The van der Waals surface area contributed by atoms with E-state index in [0.717, 1.165) is 19.3 Å². The fourth-order valence-electron chi connectivity index (χ4n) is 2.62. The molecule has 1 aromatic heterocycles. The third-order valence-corrected chi connectivity index (χ3v) is 3.84. The molecule has 2 N–H and O–H groups in total. The largest absolute Gasteiger partial charge is 0.507 e. The van der Waals surface area contributed by atoms with Crippen LogP contribution in [0.2, 0.25) is 0 Å². The van der Waals surface area contributed by atoms with Gasteiger partial charge in [-0.1, -0.05) is 38.7 Å². The highest BCUT2D eigenvalue weighted by Gasteiger charge is 2.16. The Labute approximate surface area is 135 Å². The minimum absolute atomic E-state index is 0.0267. The van der Waals surface area contributed by atoms with Gasteiger partial charge in [-0.15, -0.1) is 0 Å². The second-order valence-corrected chi connectivity index (χ2v) is 5.59. The van der Waals surface area contributed by atoms with Crippen molar-refractivity contribution in [2.24, 2.45) is 0 Å².